The molecule has 0 bridgehead atoms. The molecule has 0 radical (unpaired) electrons. The summed E-state index contributed by atoms with van der Waals surface area (Å²) in [5.41, 5.74) is -0.844. The molecule has 1 atom stereocenters. The van der Waals surface area contributed by atoms with Gasteiger partial charge in [-0.2, -0.15) is 13.2 Å². The zero-order chi connectivity index (χ0) is 12.5. The largest absolute Gasteiger partial charge is 0.433 e. The van der Waals surface area contributed by atoms with Gasteiger partial charge >= 0.3 is 6.18 Å². The third-order valence-electron chi connectivity index (χ3n) is 3.27. The van der Waals surface area contributed by atoms with Crippen LogP contribution in [0.2, 0.25) is 0 Å². The van der Waals surface area contributed by atoms with E-state index in [0.717, 1.165) is 18.9 Å². The number of halogens is 3. The van der Waals surface area contributed by atoms with Crippen molar-refractivity contribution in [2.75, 3.05) is 5.32 Å². The highest BCUT2D eigenvalue weighted by atomic mass is 19.4. The van der Waals surface area contributed by atoms with Crippen LogP contribution in [0.15, 0.2) is 18.2 Å². The molecular formula is C12H15F3N2. The number of alkyl halides is 3. The molecule has 1 aromatic rings. The lowest BCUT2D eigenvalue weighted by atomic mass is 9.80. The molecule has 1 N–H and O–H groups in total. The van der Waals surface area contributed by atoms with Gasteiger partial charge < -0.3 is 5.32 Å². The van der Waals surface area contributed by atoms with Crippen LogP contribution in [0, 0.1) is 5.92 Å². The van der Waals surface area contributed by atoms with E-state index in [-0.39, 0.29) is 6.04 Å². The number of hydrogen-bond acceptors (Lipinski definition) is 2. The predicted molar refractivity (Wildman–Crippen MR) is 59.7 cm³/mol. The highest BCUT2D eigenvalue weighted by molar-refractivity contribution is 5.37. The monoisotopic (exact) mass is 244 g/mol. The van der Waals surface area contributed by atoms with Crippen LogP contribution in [0.1, 0.15) is 31.9 Å². The Balaban J connectivity index is 2.05. The van der Waals surface area contributed by atoms with Gasteiger partial charge in [0.2, 0.25) is 0 Å². The Bertz CT molecular complexity index is 386. The number of nitrogens with zero attached hydrogens (tertiary/aromatic N) is 1. The molecule has 1 aromatic heterocycles. The van der Waals surface area contributed by atoms with Gasteiger partial charge in [0, 0.05) is 6.04 Å². The molecule has 1 aliphatic rings. The molecule has 1 saturated carbocycles. The van der Waals surface area contributed by atoms with Gasteiger partial charge in [-0.3, -0.25) is 0 Å². The zero-order valence-corrected chi connectivity index (χ0v) is 9.59. The first kappa shape index (κ1) is 12.2. The minimum absolute atomic E-state index is 0.180. The third kappa shape index (κ3) is 2.90. The van der Waals surface area contributed by atoms with E-state index in [1.54, 1.807) is 6.07 Å². The molecule has 0 aromatic carbocycles. The van der Waals surface area contributed by atoms with E-state index in [0.29, 0.717) is 11.7 Å². The first-order valence-corrected chi connectivity index (χ1v) is 5.77. The predicted octanol–water partition coefficient (Wildman–Crippen LogP) is 3.70. The van der Waals surface area contributed by atoms with Crippen molar-refractivity contribution in [1.29, 1.82) is 0 Å². The summed E-state index contributed by atoms with van der Waals surface area (Å²) in [6.07, 6.45) is -0.871. The van der Waals surface area contributed by atoms with Gasteiger partial charge in [0.15, 0.2) is 0 Å². The SMILES string of the molecule is CC(Nc1cccc(C(F)(F)F)n1)C1CCC1. The van der Waals surface area contributed by atoms with E-state index in [1.165, 1.54) is 12.5 Å². The Morgan fingerprint density at radius 2 is 2.06 bits per heavy atom. The molecule has 1 heterocycles. The standard InChI is InChI=1S/C12H15F3N2/c1-8(9-4-2-5-9)16-11-7-3-6-10(17-11)12(13,14)15/h3,6-9H,2,4-5H2,1H3,(H,16,17). The van der Waals surface area contributed by atoms with Crippen LogP contribution in [0.3, 0.4) is 0 Å². The number of aromatic nitrogens is 1. The lowest BCUT2D eigenvalue weighted by molar-refractivity contribution is -0.141. The van der Waals surface area contributed by atoms with E-state index >= 15 is 0 Å². The van der Waals surface area contributed by atoms with E-state index in [4.69, 9.17) is 0 Å². The molecule has 0 saturated heterocycles. The van der Waals surface area contributed by atoms with Gasteiger partial charge in [0.25, 0.3) is 0 Å². The lowest BCUT2D eigenvalue weighted by Crippen LogP contribution is -2.31. The van der Waals surface area contributed by atoms with Crippen LogP contribution in [-0.4, -0.2) is 11.0 Å². The Labute approximate surface area is 98.2 Å². The Kier molecular flexibility index (Phi) is 3.26. The number of hydrogen-bond donors (Lipinski definition) is 1. The second kappa shape index (κ2) is 4.55. The first-order chi connectivity index (χ1) is 7.97. The molecule has 1 fully saturated rings. The highest BCUT2D eigenvalue weighted by Gasteiger charge is 2.32. The van der Waals surface area contributed by atoms with Gasteiger partial charge in [-0.05, 0) is 37.8 Å². The van der Waals surface area contributed by atoms with Crippen molar-refractivity contribution >= 4 is 5.82 Å². The van der Waals surface area contributed by atoms with Gasteiger partial charge in [0.05, 0.1) is 0 Å². The van der Waals surface area contributed by atoms with Crippen molar-refractivity contribution in [3.05, 3.63) is 23.9 Å². The number of rotatable bonds is 3. The Morgan fingerprint density at radius 1 is 1.35 bits per heavy atom. The summed E-state index contributed by atoms with van der Waals surface area (Å²) in [6.45, 7) is 1.99. The van der Waals surface area contributed by atoms with Crippen molar-refractivity contribution in [3.63, 3.8) is 0 Å². The van der Waals surface area contributed by atoms with Crippen molar-refractivity contribution in [1.82, 2.24) is 4.98 Å². The minimum atomic E-state index is -4.38. The molecule has 0 aliphatic heterocycles. The summed E-state index contributed by atoms with van der Waals surface area (Å²) in [5, 5.41) is 3.05. The normalized spacial score (nSPS) is 18.6. The summed E-state index contributed by atoms with van der Waals surface area (Å²) >= 11 is 0. The first-order valence-electron chi connectivity index (χ1n) is 5.77. The van der Waals surface area contributed by atoms with Crippen molar-refractivity contribution in [3.8, 4) is 0 Å². The fraction of sp³-hybridized carbons (Fsp3) is 0.583. The summed E-state index contributed by atoms with van der Waals surface area (Å²) < 4.78 is 37.4. The Hall–Kier alpha value is -1.26. The smallest absolute Gasteiger partial charge is 0.367 e. The zero-order valence-electron chi connectivity index (χ0n) is 9.59. The van der Waals surface area contributed by atoms with Crippen LogP contribution in [0.25, 0.3) is 0 Å². The van der Waals surface area contributed by atoms with Crippen molar-refractivity contribution < 1.29 is 13.2 Å². The van der Waals surface area contributed by atoms with Crippen molar-refractivity contribution in [2.24, 2.45) is 5.92 Å². The fourth-order valence-electron chi connectivity index (χ4n) is 1.96. The summed E-state index contributed by atoms with van der Waals surface area (Å²) in [6, 6.07) is 4.12. The molecule has 0 amide bonds. The van der Waals surface area contributed by atoms with E-state index < -0.39 is 11.9 Å². The van der Waals surface area contributed by atoms with Gasteiger partial charge in [-0.1, -0.05) is 12.5 Å². The average molecular weight is 244 g/mol. The number of anilines is 1. The molecular weight excluding hydrogens is 229 g/mol. The molecule has 1 aliphatic carbocycles. The molecule has 1 unspecified atom stereocenters. The quantitative estimate of drug-likeness (QED) is 0.876. The average Bonchev–Trinajstić information content (AvgIpc) is 2.13. The molecule has 2 rings (SSSR count). The lowest BCUT2D eigenvalue weighted by Gasteiger charge is -2.32. The number of pyridine rings is 1. The van der Waals surface area contributed by atoms with Gasteiger partial charge in [-0.25, -0.2) is 4.98 Å². The number of nitrogens with one attached hydrogen (secondary N) is 1. The molecule has 17 heavy (non-hydrogen) atoms. The summed E-state index contributed by atoms with van der Waals surface area (Å²) in [5.74, 6) is 0.866. The van der Waals surface area contributed by atoms with Crippen LogP contribution in [-0.2, 0) is 6.18 Å². The maximum Gasteiger partial charge on any atom is 0.433 e. The Morgan fingerprint density at radius 3 is 2.59 bits per heavy atom. The molecule has 2 nitrogen and oxygen atoms in total. The maximum absolute atomic E-state index is 12.5. The van der Waals surface area contributed by atoms with E-state index in [9.17, 15) is 13.2 Å². The van der Waals surface area contributed by atoms with Crippen LogP contribution >= 0.6 is 0 Å². The summed E-state index contributed by atoms with van der Waals surface area (Å²) in [4.78, 5) is 3.59. The third-order valence-corrected chi connectivity index (χ3v) is 3.27. The van der Waals surface area contributed by atoms with Gasteiger partial charge in [-0.15, -0.1) is 0 Å². The van der Waals surface area contributed by atoms with Crippen LogP contribution in [0.5, 0.6) is 0 Å². The van der Waals surface area contributed by atoms with E-state index in [2.05, 4.69) is 10.3 Å². The topological polar surface area (TPSA) is 24.9 Å². The van der Waals surface area contributed by atoms with Gasteiger partial charge in [0.1, 0.15) is 11.5 Å². The second-order valence-corrected chi connectivity index (χ2v) is 4.53. The maximum atomic E-state index is 12.5. The fourth-order valence-corrected chi connectivity index (χ4v) is 1.96. The minimum Gasteiger partial charge on any atom is -0.367 e. The molecule has 0 spiro atoms. The van der Waals surface area contributed by atoms with Crippen LogP contribution < -0.4 is 5.32 Å². The molecule has 94 valence electrons. The van der Waals surface area contributed by atoms with Crippen LogP contribution in [0.4, 0.5) is 19.0 Å². The van der Waals surface area contributed by atoms with Crippen molar-refractivity contribution in [2.45, 2.75) is 38.4 Å². The summed E-state index contributed by atoms with van der Waals surface area (Å²) in [7, 11) is 0. The highest BCUT2D eigenvalue weighted by Crippen LogP contribution is 2.32. The second-order valence-electron chi connectivity index (χ2n) is 4.53. The molecule has 5 heteroatoms. The van der Waals surface area contributed by atoms with E-state index in [1.807, 2.05) is 6.92 Å².